The van der Waals surface area contributed by atoms with Crippen LogP contribution in [0.4, 0.5) is 11.4 Å². The van der Waals surface area contributed by atoms with Crippen molar-refractivity contribution in [2.45, 2.75) is 11.8 Å². The van der Waals surface area contributed by atoms with E-state index >= 15 is 0 Å². The van der Waals surface area contributed by atoms with Gasteiger partial charge >= 0.3 is 10.1 Å². The first-order chi connectivity index (χ1) is 17.5. The van der Waals surface area contributed by atoms with Crippen molar-refractivity contribution in [2.75, 3.05) is 11.9 Å². The predicted octanol–water partition coefficient (Wildman–Crippen LogP) is 5.67. The molecule has 1 N–H and O–H groups in total. The van der Waals surface area contributed by atoms with Crippen molar-refractivity contribution in [3.8, 4) is 17.6 Å². The first-order valence-electron chi connectivity index (χ1n) is 10.4. The van der Waals surface area contributed by atoms with Gasteiger partial charge in [-0.2, -0.15) is 13.7 Å². The summed E-state index contributed by atoms with van der Waals surface area (Å²) in [6, 6.07) is 16.1. The Morgan fingerprint density at radius 1 is 1.22 bits per heavy atom. The SMILES string of the molecule is CCOc1cc(/C=C(/C#N)C(=O)Nc2ccc(I)cc2)cc(Br)c1OS(=O)(=O)c1cccc([N+](=O)[O-])c1. The zero-order chi connectivity index (χ0) is 27.2. The molecule has 190 valence electrons. The van der Waals surface area contributed by atoms with Crippen molar-refractivity contribution < 1.29 is 27.1 Å². The molecule has 0 bridgehead atoms. The van der Waals surface area contributed by atoms with Gasteiger partial charge in [0.25, 0.3) is 11.6 Å². The molecule has 0 aromatic heterocycles. The number of rotatable bonds is 9. The minimum atomic E-state index is -4.47. The van der Waals surface area contributed by atoms with Crippen LogP contribution in [-0.4, -0.2) is 25.9 Å². The van der Waals surface area contributed by atoms with Crippen LogP contribution in [0, 0.1) is 25.0 Å². The highest BCUT2D eigenvalue weighted by Crippen LogP contribution is 2.39. The number of hydrogen-bond donors (Lipinski definition) is 1. The lowest BCUT2D eigenvalue weighted by atomic mass is 10.1. The van der Waals surface area contributed by atoms with Gasteiger partial charge in [0.1, 0.15) is 16.5 Å². The second kappa shape index (κ2) is 12.2. The summed E-state index contributed by atoms with van der Waals surface area (Å²) >= 11 is 5.38. The average Bonchev–Trinajstić information content (AvgIpc) is 2.86. The van der Waals surface area contributed by atoms with Gasteiger partial charge in [-0.1, -0.05) is 6.07 Å². The quantitative estimate of drug-likeness (QED) is 0.0751. The number of ether oxygens (including phenoxy) is 1. The fraction of sp³-hybridized carbons (Fsp3) is 0.0833. The summed E-state index contributed by atoms with van der Waals surface area (Å²) in [5.74, 6) is -0.828. The van der Waals surface area contributed by atoms with Gasteiger partial charge in [0, 0.05) is 21.4 Å². The molecule has 3 rings (SSSR count). The number of amides is 1. The molecule has 3 aromatic carbocycles. The molecule has 0 saturated carbocycles. The summed E-state index contributed by atoms with van der Waals surface area (Å²) in [7, 11) is -4.47. The number of nitrogens with one attached hydrogen (secondary N) is 1. The third-order valence-electron chi connectivity index (χ3n) is 4.62. The second-order valence-corrected chi connectivity index (χ2v) is 10.8. The minimum Gasteiger partial charge on any atom is -0.490 e. The Balaban J connectivity index is 1.95. The maximum atomic E-state index is 12.8. The van der Waals surface area contributed by atoms with Gasteiger partial charge in [0.05, 0.1) is 16.0 Å². The molecule has 0 atom stereocenters. The number of hydrogen-bond acceptors (Lipinski definition) is 8. The van der Waals surface area contributed by atoms with Crippen LogP contribution >= 0.6 is 38.5 Å². The third kappa shape index (κ3) is 7.28. The summed E-state index contributed by atoms with van der Waals surface area (Å²) in [5, 5.41) is 23.2. The van der Waals surface area contributed by atoms with E-state index in [1.165, 1.54) is 30.3 Å². The number of nitrogens with zero attached hydrogens (tertiary/aromatic N) is 2. The smallest absolute Gasteiger partial charge is 0.339 e. The number of carbonyl (C=O) groups excluding carboxylic acids is 1. The zero-order valence-electron chi connectivity index (χ0n) is 19.0. The Morgan fingerprint density at radius 2 is 1.92 bits per heavy atom. The summed E-state index contributed by atoms with van der Waals surface area (Å²) in [6.07, 6.45) is 1.31. The van der Waals surface area contributed by atoms with E-state index in [0.29, 0.717) is 11.3 Å². The Kier molecular flexibility index (Phi) is 9.24. The molecule has 0 heterocycles. The van der Waals surface area contributed by atoms with Crippen molar-refractivity contribution in [1.29, 1.82) is 5.26 Å². The maximum Gasteiger partial charge on any atom is 0.339 e. The lowest BCUT2D eigenvalue weighted by Crippen LogP contribution is -2.13. The lowest BCUT2D eigenvalue weighted by molar-refractivity contribution is -0.385. The van der Waals surface area contributed by atoms with E-state index in [9.17, 15) is 28.6 Å². The second-order valence-electron chi connectivity index (χ2n) is 7.19. The minimum absolute atomic E-state index is 0.00691. The topological polar surface area (TPSA) is 149 Å². The highest BCUT2D eigenvalue weighted by atomic mass is 127. The molecule has 0 saturated heterocycles. The van der Waals surface area contributed by atoms with Crippen molar-refractivity contribution in [3.63, 3.8) is 0 Å². The molecule has 1 amide bonds. The number of nitriles is 1. The highest BCUT2D eigenvalue weighted by molar-refractivity contribution is 14.1. The van der Waals surface area contributed by atoms with Gasteiger partial charge in [-0.3, -0.25) is 14.9 Å². The molecule has 0 spiro atoms. The van der Waals surface area contributed by atoms with Crippen LogP contribution in [0.15, 0.2) is 75.6 Å². The number of benzene rings is 3. The van der Waals surface area contributed by atoms with E-state index in [1.54, 1.807) is 31.2 Å². The van der Waals surface area contributed by atoms with Crippen molar-refractivity contribution in [3.05, 3.63) is 90.0 Å². The van der Waals surface area contributed by atoms with Crippen LogP contribution in [0.5, 0.6) is 11.5 Å². The average molecular weight is 698 g/mol. The molecule has 0 fully saturated rings. The molecular formula is C24H17BrIN3O7S. The van der Waals surface area contributed by atoms with Gasteiger partial charge in [0.2, 0.25) is 0 Å². The van der Waals surface area contributed by atoms with E-state index in [1.807, 2.05) is 6.07 Å². The Hall–Kier alpha value is -3.48. The van der Waals surface area contributed by atoms with E-state index in [2.05, 4.69) is 43.8 Å². The van der Waals surface area contributed by atoms with E-state index in [4.69, 9.17) is 8.92 Å². The summed E-state index contributed by atoms with van der Waals surface area (Å²) in [5.41, 5.74) is 0.246. The largest absolute Gasteiger partial charge is 0.490 e. The predicted molar refractivity (Wildman–Crippen MR) is 148 cm³/mol. The van der Waals surface area contributed by atoms with Gasteiger partial charge in [-0.05, 0) is 99.5 Å². The van der Waals surface area contributed by atoms with Crippen LogP contribution < -0.4 is 14.2 Å². The number of nitro groups is 1. The number of carbonyl (C=O) groups is 1. The normalized spacial score (nSPS) is 11.4. The maximum absolute atomic E-state index is 12.8. The van der Waals surface area contributed by atoms with Crippen LogP contribution in [-0.2, 0) is 14.9 Å². The van der Waals surface area contributed by atoms with E-state index in [-0.39, 0.29) is 28.2 Å². The lowest BCUT2D eigenvalue weighted by Gasteiger charge is -2.14. The van der Waals surface area contributed by atoms with Crippen molar-refractivity contribution in [1.82, 2.24) is 0 Å². The standard InChI is InChI=1S/C24H17BrIN3O7S/c1-2-35-22-12-15(10-16(14-27)24(30)28-18-8-6-17(26)7-9-18)11-21(25)23(22)36-37(33,34)20-5-3-4-19(13-20)29(31)32/h3-13H,2H2,1H3,(H,28,30)/b16-10-. The molecule has 0 aliphatic rings. The molecule has 13 heteroatoms. The molecule has 0 aliphatic heterocycles. The van der Waals surface area contributed by atoms with Crippen LogP contribution in [0.3, 0.4) is 0 Å². The van der Waals surface area contributed by atoms with Crippen LogP contribution in [0.1, 0.15) is 12.5 Å². The third-order valence-corrected chi connectivity index (χ3v) is 7.15. The highest BCUT2D eigenvalue weighted by Gasteiger charge is 2.24. The Morgan fingerprint density at radius 3 is 2.54 bits per heavy atom. The number of non-ortho nitro benzene ring substituents is 1. The number of nitro benzene ring substituents is 1. The zero-order valence-corrected chi connectivity index (χ0v) is 23.5. The monoisotopic (exact) mass is 697 g/mol. The molecule has 0 unspecified atom stereocenters. The fourth-order valence-electron chi connectivity index (χ4n) is 2.97. The molecule has 37 heavy (non-hydrogen) atoms. The molecule has 0 aliphatic carbocycles. The van der Waals surface area contributed by atoms with Crippen LogP contribution in [0.2, 0.25) is 0 Å². The molecular weight excluding hydrogens is 681 g/mol. The Bertz CT molecular complexity index is 1530. The summed E-state index contributed by atoms with van der Waals surface area (Å²) in [4.78, 5) is 22.5. The number of anilines is 1. The van der Waals surface area contributed by atoms with Crippen molar-refractivity contribution in [2.24, 2.45) is 0 Å². The van der Waals surface area contributed by atoms with Gasteiger partial charge in [-0.25, -0.2) is 0 Å². The molecule has 0 radical (unpaired) electrons. The van der Waals surface area contributed by atoms with Gasteiger partial charge in [-0.15, -0.1) is 0 Å². The number of halogens is 2. The Labute approximate surface area is 234 Å². The van der Waals surface area contributed by atoms with Gasteiger partial charge in [0.15, 0.2) is 11.5 Å². The summed E-state index contributed by atoms with van der Waals surface area (Å²) < 4.78 is 37.6. The van der Waals surface area contributed by atoms with Gasteiger partial charge < -0.3 is 14.2 Å². The first-order valence-corrected chi connectivity index (χ1v) is 13.7. The van der Waals surface area contributed by atoms with Crippen LogP contribution in [0.25, 0.3) is 6.08 Å². The summed E-state index contributed by atoms with van der Waals surface area (Å²) in [6.45, 7) is 1.82. The fourth-order valence-corrected chi connectivity index (χ4v) is 4.98. The molecule has 10 nitrogen and oxygen atoms in total. The van der Waals surface area contributed by atoms with E-state index < -0.39 is 31.5 Å². The van der Waals surface area contributed by atoms with E-state index in [0.717, 1.165) is 15.7 Å². The molecule has 3 aromatic rings. The van der Waals surface area contributed by atoms with Crippen molar-refractivity contribution >= 4 is 72.0 Å². The first kappa shape index (κ1) is 28.1.